The van der Waals surface area contributed by atoms with Crippen LogP contribution in [0.3, 0.4) is 0 Å². The Labute approximate surface area is 254 Å². The Morgan fingerprint density at radius 1 is 0.762 bits per heavy atom. The highest BCUT2D eigenvalue weighted by Gasteiger charge is 2.57. The van der Waals surface area contributed by atoms with Gasteiger partial charge in [-0.25, -0.2) is 0 Å². The van der Waals surface area contributed by atoms with Gasteiger partial charge in [0.25, 0.3) is 0 Å². The Bertz CT molecular complexity index is 1770. The minimum atomic E-state index is -1.51. The van der Waals surface area contributed by atoms with Crippen LogP contribution in [0.5, 0.6) is 0 Å². The van der Waals surface area contributed by atoms with Crippen molar-refractivity contribution in [3.63, 3.8) is 0 Å². The van der Waals surface area contributed by atoms with Gasteiger partial charge in [-0.05, 0) is 79.5 Å². The molecule has 0 aromatic heterocycles. The Morgan fingerprint density at radius 3 is 2.10 bits per heavy atom. The summed E-state index contributed by atoms with van der Waals surface area (Å²) >= 11 is 0. The third-order valence-electron chi connectivity index (χ3n) is 10.4. The van der Waals surface area contributed by atoms with Crippen LogP contribution in [0.2, 0.25) is 13.1 Å². The molecule has 4 aromatic carbocycles. The second-order valence-electron chi connectivity index (χ2n) is 14.7. The number of hydrogen-bond donors (Lipinski definition) is 0. The van der Waals surface area contributed by atoms with Crippen molar-refractivity contribution in [3.05, 3.63) is 129 Å². The monoisotopic (exact) mass is 564 g/mol. The molecule has 4 aromatic rings. The molecular weight excluding hydrogens is 521 g/mol. The van der Waals surface area contributed by atoms with Gasteiger partial charge in [-0.15, -0.1) is 0 Å². The van der Waals surface area contributed by atoms with Crippen molar-refractivity contribution in [3.8, 4) is 22.3 Å². The van der Waals surface area contributed by atoms with Gasteiger partial charge >= 0.3 is 0 Å². The molecule has 0 saturated heterocycles. The fraction of sp³-hybridized carbons (Fsp3) is 0.317. The highest BCUT2D eigenvalue weighted by atomic mass is 28.3. The van der Waals surface area contributed by atoms with Crippen LogP contribution in [0.4, 0.5) is 0 Å². The van der Waals surface area contributed by atoms with Crippen molar-refractivity contribution >= 4 is 19.3 Å². The number of allylic oxidation sites excluding steroid dienone is 2. The van der Waals surface area contributed by atoms with Crippen LogP contribution in [0, 0.1) is 5.92 Å². The molecule has 2 atom stereocenters. The van der Waals surface area contributed by atoms with E-state index in [9.17, 15) is 0 Å². The van der Waals surface area contributed by atoms with E-state index < -0.39 is 8.07 Å². The first kappa shape index (κ1) is 27.4. The number of benzene rings is 4. The van der Waals surface area contributed by atoms with Gasteiger partial charge in [-0.3, -0.25) is 0 Å². The first-order valence-corrected chi connectivity index (χ1v) is 19.0. The van der Waals surface area contributed by atoms with E-state index in [2.05, 4.69) is 146 Å². The fourth-order valence-electron chi connectivity index (χ4n) is 8.39. The van der Waals surface area contributed by atoms with Gasteiger partial charge in [0.2, 0.25) is 0 Å². The van der Waals surface area contributed by atoms with Crippen molar-refractivity contribution in [1.82, 2.24) is 0 Å². The Hall–Kier alpha value is -3.42. The largest absolute Gasteiger partial charge is 0.0931 e. The maximum atomic E-state index is 2.64. The Balaban J connectivity index is 1.40. The molecule has 1 heteroatoms. The van der Waals surface area contributed by atoms with E-state index in [0.717, 1.165) is 6.42 Å². The first-order valence-electron chi connectivity index (χ1n) is 15.9. The van der Waals surface area contributed by atoms with Gasteiger partial charge in [0, 0.05) is 11.5 Å². The molecule has 2 aliphatic heterocycles. The lowest BCUT2D eigenvalue weighted by molar-refractivity contribution is 0.590. The third kappa shape index (κ3) is 3.93. The van der Waals surface area contributed by atoms with Crippen LogP contribution < -0.4 is 0 Å². The van der Waals surface area contributed by atoms with Gasteiger partial charge < -0.3 is 0 Å². The molecule has 0 nitrogen and oxygen atoms in total. The summed E-state index contributed by atoms with van der Waals surface area (Å²) in [5.74, 6) is 0.914. The Morgan fingerprint density at radius 2 is 1.45 bits per heavy atom. The number of hydrogen-bond acceptors (Lipinski definition) is 0. The third-order valence-corrected chi connectivity index (χ3v) is 14.3. The van der Waals surface area contributed by atoms with E-state index in [4.69, 9.17) is 0 Å². The normalized spacial score (nSPS) is 20.0. The summed E-state index contributed by atoms with van der Waals surface area (Å²) in [4.78, 5) is 0. The zero-order valence-electron chi connectivity index (χ0n) is 26.6. The van der Waals surface area contributed by atoms with Crippen LogP contribution in [0.1, 0.15) is 92.8 Å². The molecule has 0 radical (unpaired) electrons. The van der Waals surface area contributed by atoms with Crippen LogP contribution in [0.15, 0.2) is 96.1 Å². The predicted octanol–water partition coefficient (Wildman–Crippen LogP) is 11.6. The lowest BCUT2D eigenvalue weighted by Gasteiger charge is -2.42. The standard InChI is InChI=1S/C41H44Si/c1-9-26-22-34-31(28-18-20-30(21-19-28)41(4,5)6)16-13-17-32(34)37(26)29-23-33(27-14-11-10-12-15-27)38-35(24-29)39-36(25(2)3)40(38)42(39,7)8/h10-25,37,39H,9H2,1-8H3. The average molecular weight is 565 g/mol. The molecule has 0 fully saturated rings. The summed E-state index contributed by atoms with van der Waals surface area (Å²) in [5.41, 5.74) is 18.5. The van der Waals surface area contributed by atoms with Crippen molar-refractivity contribution in [2.45, 2.75) is 77.9 Å². The highest BCUT2D eigenvalue weighted by Crippen LogP contribution is 2.66. The first-order chi connectivity index (χ1) is 20.0. The second kappa shape index (κ2) is 9.54. The summed E-state index contributed by atoms with van der Waals surface area (Å²) in [7, 11) is -1.51. The van der Waals surface area contributed by atoms with Gasteiger partial charge in [-0.2, -0.15) is 0 Å². The number of fused-ring (bicyclic) bond motifs is 1. The van der Waals surface area contributed by atoms with E-state index >= 15 is 0 Å². The minimum Gasteiger partial charge on any atom is -0.0647 e. The maximum Gasteiger partial charge on any atom is 0.0931 e. The van der Waals surface area contributed by atoms with Crippen LogP contribution in [0.25, 0.3) is 33.5 Å². The van der Waals surface area contributed by atoms with Gasteiger partial charge in [-0.1, -0.05) is 156 Å². The van der Waals surface area contributed by atoms with Crippen molar-refractivity contribution in [2.24, 2.45) is 5.92 Å². The van der Waals surface area contributed by atoms with E-state index in [1.807, 2.05) is 0 Å². The van der Waals surface area contributed by atoms with E-state index in [1.54, 1.807) is 21.9 Å². The number of rotatable bonds is 5. The summed E-state index contributed by atoms with van der Waals surface area (Å²) in [5, 5.41) is 1.75. The van der Waals surface area contributed by atoms with Gasteiger partial charge in [0.15, 0.2) is 0 Å². The quantitative estimate of drug-likeness (QED) is 0.211. The SMILES string of the molecule is CCC1=Cc2c(-c3ccc(C(C)(C)C)cc3)cccc2C1c1cc(-c2ccccc2)c2c(c1)C1C(C(C)C)=C2[Si]1(C)C. The van der Waals surface area contributed by atoms with Crippen molar-refractivity contribution < 1.29 is 0 Å². The smallest absolute Gasteiger partial charge is 0.0647 e. The molecule has 0 amide bonds. The van der Waals surface area contributed by atoms with Crippen LogP contribution in [-0.2, 0) is 5.41 Å². The topological polar surface area (TPSA) is 0 Å². The molecule has 2 bridgehead atoms. The summed E-state index contributed by atoms with van der Waals surface area (Å²) < 4.78 is 0. The molecule has 0 saturated carbocycles. The zero-order chi connectivity index (χ0) is 29.6. The molecule has 42 heavy (non-hydrogen) atoms. The molecule has 2 unspecified atom stereocenters. The predicted molar refractivity (Wildman–Crippen MR) is 185 cm³/mol. The van der Waals surface area contributed by atoms with E-state index in [1.165, 1.54) is 50.1 Å². The van der Waals surface area contributed by atoms with E-state index in [-0.39, 0.29) is 5.41 Å². The Kier molecular flexibility index (Phi) is 6.23. The minimum absolute atomic E-state index is 0.157. The zero-order valence-corrected chi connectivity index (χ0v) is 27.6. The van der Waals surface area contributed by atoms with Gasteiger partial charge in [0.1, 0.15) is 0 Å². The summed E-state index contributed by atoms with van der Waals surface area (Å²) in [6.45, 7) is 19.2. The summed E-state index contributed by atoms with van der Waals surface area (Å²) in [6.07, 6.45) is 3.57. The lowest BCUT2D eigenvalue weighted by atomic mass is 9.82. The second-order valence-corrected chi connectivity index (χ2v) is 19.2. The van der Waals surface area contributed by atoms with Gasteiger partial charge in [0.05, 0.1) is 8.07 Å². The summed E-state index contributed by atoms with van der Waals surface area (Å²) in [6, 6.07) is 32.7. The average Bonchev–Trinajstić information content (AvgIpc) is 3.61. The highest BCUT2D eigenvalue weighted by molar-refractivity contribution is 7.01. The molecule has 2 aliphatic carbocycles. The molecule has 2 heterocycles. The molecule has 4 aliphatic rings. The molecule has 8 rings (SSSR count). The van der Waals surface area contributed by atoms with E-state index in [0.29, 0.717) is 17.4 Å². The van der Waals surface area contributed by atoms with Crippen LogP contribution >= 0.6 is 0 Å². The molecule has 0 spiro atoms. The van der Waals surface area contributed by atoms with Crippen LogP contribution in [-0.4, -0.2) is 8.07 Å². The lowest BCUT2D eigenvalue weighted by Crippen LogP contribution is -2.43. The maximum absolute atomic E-state index is 2.64. The molecule has 212 valence electrons. The molecule has 0 N–H and O–H groups in total. The van der Waals surface area contributed by atoms with Crippen molar-refractivity contribution in [2.75, 3.05) is 0 Å². The molecular formula is C41H44Si. The van der Waals surface area contributed by atoms with Crippen molar-refractivity contribution in [1.29, 1.82) is 0 Å². The fourth-order valence-corrected chi connectivity index (χ4v) is 12.8.